The molecule has 0 saturated carbocycles. The Morgan fingerprint density at radius 1 is 1.36 bits per heavy atom. The van der Waals surface area contributed by atoms with Gasteiger partial charge in [0.15, 0.2) is 0 Å². The van der Waals surface area contributed by atoms with E-state index in [0.717, 1.165) is 31.6 Å². The van der Waals surface area contributed by atoms with E-state index < -0.39 is 0 Å². The first-order valence-corrected chi connectivity index (χ1v) is 5.07. The molecule has 0 radical (unpaired) electrons. The van der Waals surface area contributed by atoms with Crippen LogP contribution in [-0.4, -0.2) is 23.3 Å². The lowest BCUT2D eigenvalue weighted by atomic mass is 10.3. The van der Waals surface area contributed by atoms with Crippen LogP contribution in [-0.2, 0) is 0 Å². The minimum atomic E-state index is -0.139. The van der Waals surface area contributed by atoms with E-state index in [4.69, 9.17) is 0 Å². The lowest BCUT2D eigenvalue weighted by Crippen LogP contribution is -2.26. The first kappa shape index (κ1) is 10.8. The van der Waals surface area contributed by atoms with Gasteiger partial charge in [-0.15, -0.1) is 0 Å². The molecular formula is C10H17N3O. The van der Waals surface area contributed by atoms with E-state index in [1.807, 2.05) is 0 Å². The molecule has 1 heterocycles. The maximum Gasteiger partial charge on any atom is 0.266 e. The largest absolute Gasteiger partial charge is 0.370 e. The summed E-state index contributed by atoms with van der Waals surface area (Å²) in [6.45, 7) is 6.20. The van der Waals surface area contributed by atoms with E-state index in [2.05, 4.69) is 28.9 Å². The number of nitrogens with one attached hydrogen (secondary N) is 1. The van der Waals surface area contributed by atoms with E-state index in [1.165, 1.54) is 0 Å². The predicted molar refractivity (Wildman–Crippen MR) is 57.7 cm³/mol. The van der Waals surface area contributed by atoms with Gasteiger partial charge >= 0.3 is 0 Å². The highest BCUT2D eigenvalue weighted by Gasteiger charge is 2.04. The average molecular weight is 195 g/mol. The molecule has 1 aromatic heterocycles. The molecule has 0 aliphatic heterocycles. The van der Waals surface area contributed by atoms with E-state index >= 15 is 0 Å². The van der Waals surface area contributed by atoms with Crippen LogP contribution >= 0.6 is 0 Å². The Morgan fingerprint density at radius 3 is 2.50 bits per heavy atom. The van der Waals surface area contributed by atoms with Gasteiger partial charge in [-0.05, 0) is 12.8 Å². The second-order valence-electron chi connectivity index (χ2n) is 3.29. The molecule has 0 aromatic carbocycles. The standard InChI is InChI=1S/C10H17N3O/c1-3-5-13(6-4-2)9-7-10(14)12-11-8-9/h7-8H,3-6H2,1-2H3,(H,12,14). The fourth-order valence-corrected chi connectivity index (χ4v) is 1.45. The molecule has 0 spiro atoms. The van der Waals surface area contributed by atoms with Crippen molar-refractivity contribution in [3.63, 3.8) is 0 Å². The Kier molecular flexibility index (Phi) is 4.16. The molecule has 0 atom stereocenters. The Bertz CT molecular complexity index is 315. The van der Waals surface area contributed by atoms with Gasteiger partial charge in [0.2, 0.25) is 0 Å². The predicted octanol–water partition coefficient (Wildman–Crippen LogP) is 1.40. The molecule has 0 saturated heterocycles. The Labute approximate surface area is 84.0 Å². The lowest BCUT2D eigenvalue weighted by Gasteiger charge is -2.22. The number of hydrogen-bond donors (Lipinski definition) is 1. The number of rotatable bonds is 5. The van der Waals surface area contributed by atoms with Crippen molar-refractivity contribution in [3.05, 3.63) is 22.6 Å². The molecule has 1 rings (SSSR count). The summed E-state index contributed by atoms with van der Waals surface area (Å²) in [4.78, 5) is 13.2. The van der Waals surface area contributed by atoms with Gasteiger partial charge in [0, 0.05) is 19.2 Å². The number of nitrogens with zero attached hydrogens (tertiary/aromatic N) is 2. The van der Waals surface area contributed by atoms with E-state index in [0.29, 0.717) is 0 Å². The lowest BCUT2D eigenvalue weighted by molar-refractivity contribution is 0.739. The van der Waals surface area contributed by atoms with Crippen LogP contribution in [0.1, 0.15) is 26.7 Å². The molecule has 0 aliphatic carbocycles. The van der Waals surface area contributed by atoms with Crippen LogP contribution < -0.4 is 10.5 Å². The van der Waals surface area contributed by atoms with Crippen molar-refractivity contribution >= 4 is 5.69 Å². The fourth-order valence-electron chi connectivity index (χ4n) is 1.45. The molecule has 0 fully saturated rings. The molecule has 4 nitrogen and oxygen atoms in total. The summed E-state index contributed by atoms with van der Waals surface area (Å²) in [5, 5.41) is 6.17. The number of H-pyrrole nitrogens is 1. The summed E-state index contributed by atoms with van der Waals surface area (Å²) < 4.78 is 0. The van der Waals surface area contributed by atoms with Gasteiger partial charge in [-0.1, -0.05) is 13.8 Å². The topological polar surface area (TPSA) is 49.0 Å². The van der Waals surface area contributed by atoms with Crippen molar-refractivity contribution in [1.29, 1.82) is 0 Å². The highest BCUT2D eigenvalue weighted by atomic mass is 16.1. The van der Waals surface area contributed by atoms with Gasteiger partial charge in [0.25, 0.3) is 5.56 Å². The third-order valence-corrected chi connectivity index (χ3v) is 2.00. The zero-order chi connectivity index (χ0) is 10.4. The van der Waals surface area contributed by atoms with Gasteiger partial charge in [-0.3, -0.25) is 4.79 Å². The monoisotopic (exact) mass is 195 g/mol. The summed E-state index contributed by atoms with van der Waals surface area (Å²) in [6, 6.07) is 1.60. The van der Waals surface area contributed by atoms with E-state index in [9.17, 15) is 4.79 Å². The third-order valence-electron chi connectivity index (χ3n) is 2.00. The maximum atomic E-state index is 11.1. The third kappa shape index (κ3) is 2.87. The maximum absolute atomic E-state index is 11.1. The summed E-state index contributed by atoms with van der Waals surface area (Å²) >= 11 is 0. The SMILES string of the molecule is CCCN(CCC)c1cn[nH]c(=O)c1. The van der Waals surface area contributed by atoms with Crippen molar-refractivity contribution in [3.8, 4) is 0 Å². The van der Waals surface area contributed by atoms with Crippen LogP contribution in [0, 0.1) is 0 Å². The Morgan fingerprint density at radius 2 is 2.00 bits per heavy atom. The minimum Gasteiger partial charge on any atom is -0.370 e. The van der Waals surface area contributed by atoms with Gasteiger partial charge < -0.3 is 4.90 Å². The molecule has 4 heteroatoms. The minimum absolute atomic E-state index is 0.139. The van der Waals surface area contributed by atoms with E-state index in [-0.39, 0.29) is 5.56 Å². The summed E-state index contributed by atoms with van der Waals surface area (Å²) in [5.74, 6) is 0. The van der Waals surface area contributed by atoms with Gasteiger partial charge in [-0.2, -0.15) is 5.10 Å². The van der Waals surface area contributed by atoms with Crippen molar-refractivity contribution in [2.75, 3.05) is 18.0 Å². The molecule has 1 aromatic rings. The molecule has 1 N–H and O–H groups in total. The zero-order valence-corrected chi connectivity index (χ0v) is 8.79. The molecule has 0 aliphatic rings. The van der Waals surface area contributed by atoms with Gasteiger partial charge in [0.1, 0.15) is 0 Å². The number of hydrogen-bond acceptors (Lipinski definition) is 3. The summed E-state index contributed by atoms with van der Waals surface area (Å²) in [5.41, 5.74) is 0.775. The van der Waals surface area contributed by atoms with Crippen molar-refractivity contribution in [2.24, 2.45) is 0 Å². The molecule has 0 amide bonds. The van der Waals surface area contributed by atoms with Crippen LogP contribution in [0.25, 0.3) is 0 Å². The first-order valence-electron chi connectivity index (χ1n) is 5.07. The van der Waals surface area contributed by atoms with Crippen molar-refractivity contribution < 1.29 is 0 Å². The Balaban J connectivity index is 2.81. The zero-order valence-electron chi connectivity index (χ0n) is 8.79. The van der Waals surface area contributed by atoms with Crippen LogP contribution in [0.4, 0.5) is 5.69 Å². The van der Waals surface area contributed by atoms with Crippen LogP contribution in [0.5, 0.6) is 0 Å². The van der Waals surface area contributed by atoms with Gasteiger partial charge in [-0.25, -0.2) is 5.10 Å². The van der Waals surface area contributed by atoms with Gasteiger partial charge in [0.05, 0.1) is 11.9 Å². The van der Waals surface area contributed by atoms with Crippen molar-refractivity contribution in [2.45, 2.75) is 26.7 Å². The first-order chi connectivity index (χ1) is 6.77. The number of anilines is 1. The molecule has 0 bridgehead atoms. The van der Waals surface area contributed by atoms with Crippen LogP contribution in [0.15, 0.2) is 17.1 Å². The number of aromatic amines is 1. The number of aromatic nitrogens is 2. The Hall–Kier alpha value is -1.32. The van der Waals surface area contributed by atoms with E-state index in [1.54, 1.807) is 12.3 Å². The highest BCUT2D eigenvalue weighted by molar-refractivity contribution is 5.42. The normalized spacial score (nSPS) is 10.1. The second kappa shape index (κ2) is 5.42. The smallest absolute Gasteiger partial charge is 0.266 e. The quantitative estimate of drug-likeness (QED) is 0.772. The second-order valence-corrected chi connectivity index (χ2v) is 3.29. The summed E-state index contributed by atoms with van der Waals surface area (Å²) in [7, 11) is 0. The molecule has 0 unspecified atom stereocenters. The fraction of sp³-hybridized carbons (Fsp3) is 0.600. The van der Waals surface area contributed by atoms with Crippen LogP contribution in [0.3, 0.4) is 0 Å². The molecular weight excluding hydrogens is 178 g/mol. The highest BCUT2D eigenvalue weighted by Crippen LogP contribution is 2.09. The molecule has 14 heavy (non-hydrogen) atoms. The van der Waals surface area contributed by atoms with Crippen LogP contribution in [0.2, 0.25) is 0 Å². The average Bonchev–Trinajstić information content (AvgIpc) is 2.17. The summed E-state index contributed by atoms with van der Waals surface area (Å²) in [6.07, 6.45) is 3.85. The van der Waals surface area contributed by atoms with Crippen molar-refractivity contribution in [1.82, 2.24) is 10.2 Å². The molecule has 78 valence electrons.